The largest absolute Gasteiger partial charge is 0.359 e. The molecule has 134 valence electrons. The van der Waals surface area contributed by atoms with Crippen molar-refractivity contribution in [2.24, 2.45) is 0 Å². The fraction of sp³-hybridized carbons (Fsp3) is 0.167. The molecule has 3 heteroatoms. The van der Waals surface area contributed by atoms with Crippen molar-refractivity contribution in [1.29, 1.82) is 0 Å². The normalized spacial score (nSPS) is 16.8. The molecule has 1 atom stereocenters. The third-order valence-corrected chi connectivity index (χ3v) is 5.74. The third-order valence-electron chi connectivity index (χ3n) is 5.74. The molecule has 4 aromatic rings. The molecule has 0 saturated carbocycles. The molecule has 27 heavy (non-hydrogen) atoms. The fourth-order valence-electron chi connectivity index (χ4n) is 4.20. The van der Waals surface area contributed by atoms with Crippen molar-refractivity contribution in [3.8, 4) is 5.69 Å². The molecule has 0 saturated heterocycles. The summed E-state index contributed by atoms with van der Waals surface area (Å²) in [6.45, 7) is 4.45. The molecular formula is C24H23N3. The Labute approximate surface area is 159 Å². The molecule has 0 unspecified atom stereocenters. The van der Waals surface area contributed by atoms with E-state index in [9.17, 15) is 0 Å². The molecule has 0 radical (unpaired) electrons. The molecule has 0 amide bonds. The lowest BCUT2D eigenvalue weighted by molar-refractivity contribution is 0.383. The highest BCUT2D eigenvalue weighted by Gasteiger charge is 2.26. The van der Waals surface area contributed by atoms with Gasteiger partial charge in [-0.2, -0.15) is 0 Å². The van der Waals surface area contributed by atoms with Crippen LogP contribution in [-0.2, 0) is 0 Å². The first-order valence-electron chi connectivity index (χ1n) is 9.43. The molecule has 2 heterocycles. The zero-order valence-electron chi connectivity index (χ0n) is 15.9. The van der Waals surface area contributed by atoms with Crippen molar-refractivity contribution in [1.82, 2.24) is 9.47 Å². The second kappa shape index (κ2) is 5.92. The molecule has 0 N–H and O–H groups in total. The molecule has 1 aliphatic rings. The molecule has 0 aliphatic carbocycles. The van der Waals surface area contributed by atoms with Gasteiger partial charge in [0.05, 0.1) is 16.7 Å². The van der Waals surface area contributed by atoms with Crippen molar-refractivity contribution < 1.29 is 0 Å². The number of anilines is 1. The van der Waals surface area contributed by atoms with E-state index < -0.39 is 0 Å². The summed E-state index contributed by atoms with van der Waals surface area (Å²) >= 11 is 0. The van der Waals surface area contributed by atoms with Gasteiger partial charge in [-0.1, -0.05) is 48.5 Å². The van der Waals surface area contributed by atoms with Crippen LogP contribution in [0.4, 0.5) is 5.69 Å². The fourth-order valence-corrected chi connectivity index (χ4v) is 4.20. The Kier molecular flexibility index (Phi) is 3.51. The average Bonchev–Trinajstić information content (AvgIpc) is 3.20. The van der Waals surface area contributed by atoms with Gasteiger partial charge in [-0.3, -0.25) is 0 Å². The van der Waals surface area contributed by atoms with Crippen LogP contribution in [0.3, 0.4) is 0 Å². The van der Waals surface area contributed by atoms with E-state index in [0.717, 1.165) is 0 Å². The van der Waals surface area contributed by atoms with Gasteiger partial charge in [-0.05, 0) is 37.6 Å². The Bertz CT molecular complexity index is 1170. The van der Waals surface area contributed by atoms with Gasteiger partial charge < -0.3 is 14.4 Å². The van der Waals surface area contributed by atoms with E-state index in [0.29, 0.717) is 0 Å². The highest BCUT2D eigenvalue weighted by Crippen LogP contribution is 2.41. The molecule has 1 aromatic heterocycles. The van der Waals surface area contributed by atoms with Gasteiger partial charge in [-0.25, -0.2) is 0 Å². The molecule has 0 fully saturated rings. The summed E-state index contributed by atoms with van der Waals surface area (Å²) in [7, 11) is 2.13. The number of hydrogen-bond acceptors (Lipinski definition) is 2. The van der Waals surface area contributed by atoms with Crippen LogP contribution in [0.15, 0.2) is 79.1 Å². The van der Waals surface area contributed by atoms with E-state index in [2.05, 4.69) is 114 Å². The molecule has 5 rings (SSSR count). The molecule has 0 spiro atoms. The summed E-state index contributed by atoms with van der Waals surface area (Å²) in [5, 5.41) is 2.59. The van der Waals surface area contributed by atoms with Crippen LogP contribution >= 0.6 is 0 Å². The number of benzene rings is 3. The summed E-state index contributed by atoms with van der Waals surface area (Å²) in [6.07, 6.45) is 4.63. The van der Waals surface area contributed by atoms with Crippen LogP contribution in [0.5, 0.6) is 0 Å². The number of aromatic nitrogens is 1. The summed E-state index contributed by atoms with van der Waals surface area (Å²) < 4.78 is 2.41. The number of para-hydroxylation sites is 2. The maximum atomic E-state index is 2.41. The van der Waals surface area contributed by atoms with Gasteiger partial charge in [0.25, 0.3) is 0 Å². The van der Waals surface area contributed by atoms with E-state index >= 15 is 0 Å². The Morgan fingerprint density at radius 3 is 2.26 bits per heavy atom. The van der Waals surface area contributed by atoms with Crippen LogP contribution in [0, 0.1) is 6.92 Å². The molecule has 0 bridgehead atoms. The number of rotatable bonds is 2. The SMILES string of the molecule is Cc1ccc2c3ccccc3n(-c3ccccc3)c2c1N1C=CN(C)[C@@H]1C. The van der Waals surface area contributed by atoms with Crippen LogP contribution in [-0.4, -0.2) is 22.7 Å². The van der Waals surface area contributed by atoms with Crippen molar-refractivity contribution in [3.05, 3.63) is 84.7 Å². The molecule has 1 aliphatic heterocycles. The van der Waals surface area contributed by atoms with E-state index in [1.165, 1.54) is 38.7 Å². The Hall–Kier alpha value is -3.20. The molecule has 3 aromatic carbocycles. The smallest absolute Gasteiger partial charge is 0.102 e. The number of hydrogen-bond donors (Lipinski definition) is 0. The second-order valence-corrected chi connectivity index (χ2v) is 7.32. The van der Waals surface area contributed by atoms with Gasteiger partial charge in [0.2, 0.25) is 0 Å². The van der Waals surface area contributed by atoms with Gasteiger partial charge in [-0.15, -0.1) is 0 Å². The minimum Gasteiger partial charge on any atom is -0.359 e. The lowest BCUT2D eigenvalue weighted by Crippen LogP contribution is -2.34. The first-order valence-corrected chi connectivity index (χ1v) is 9.43. The van der Waals surface area contributed by atoms with Gasteiger partial charge in [0.15, 0.2) is 0 Å². The van der Waals surface area contributed by atoms with Crippen molar-refractivity contribution >= 4 is 27.5 Å². The van der Waals surface area contributed by atoms with Crippen molar-refractivity contribution in [2.45, 2.75) is 20.0 Å². The van der Waals surface area contributed by atoms with E-state index in [1.807, 2.05) is 0 Å². The van der Waals surface area contributed by atoms with E-state index in [4.69, 9.17) is 0 Å². The van der Waals surface area contributed by atoms with Crippen LogP contribution in [0.2, 0.25) is 0 Å². The monoisotopic (exact) mass is 353 g/mol. The summed E-state index contributed by atoms with van der Waals surface area (Å²) in [6, 6.07) is 23.9. The average molecular weight is 353 g/mol. The maximum Gasteiger partial charge on any atom is 0.102 e. The van der Waals surface area contributed by atoms with Crippen LogP contribution in [0.1, 0.15) is 12.5 Å². The topological polar surface area (TPSA) is 11.4 Å². The minimum atomic E-state index is 0.288. The van der Waals surface area contributed by atoms with Gasteiger partial charge in [0, 0.05) is 35.9 Å². The van der Waals surface area contributed by atoms with Crippen molar-refractivity contribution in [3.63, 3.8) is 0 Å². The van der Waals surface area contributed by atoms with Crippen molar-refractivity contribution in [2.75, 3.05) is 11.9 Å². The Morgan fingerprint density at radius 1 is 0.778 bits per heavy atom. The molecule has 3 nitrogen and oxygen atoms in total. The van der Waals surface area contributed by atoms with Gasteiger partial charge in [0.1, 0.15) is 6.17 Å². The van der Waals surface area contributed by atoms with Crippen LogP contribution in [0.25, 0.3) is 27.5 Å². The maximum absolute atomic E-state index is 2.41. The molecular weight excluding hydrogens is 330 g/mol. The predicted octanol–water partition coefficient (Wildman–Crippen LogP) is 5.66. The second-order valence-electron chi connectivity index (χ2n) is 7.32. The standard InChI is InChI=1S/C24H23N3/c1-17-13-14-21-20-11-7-8-12-22(20)27(19-9-5-4-6-10-19)24(21)23(17)26-16-15-25(3)18(26)2/h4-16,18H,1-3H3/t18-/m0/s1. The highest BCUT2D eigenvalue weighted by molar-refractivity contribution is 6.14. The summed E-state index contributed by atoms with van der Waals surface area (Å²) in [5.74, 6) is 0. The number of aryl methyl sites for hydroxylation is 1. The first-order chi connectivity index (χ1) is 13.2. The third kappa shape index (κ3) is 2.28. The lowest BCUT2D eigenvalue weighted by Gasteiger charge is -2.29. The van der Waals surface area contributed by atoms with Crippen LogP contribution < -0.4 is 4.90 Å². The predicted molar refractivity (Wildman–Crippen MR) is 114 cm³/mol. The zero-order valence-corrected chi connectivity index (χ0v) is 15.9. The Balaban J connectivity index is 1.94. The van der Waals surface area contributed by atoms with Gasteiger partial charge >= 0.3 is 0 Å². The quantitative estimate of drug-likeness (QED) is 0.460. The first kappa shape index (κ1) is 16.0. The lowest BCUT2D eigenvalue weighted by atomic mass is 10.1. The highest BCUT2D eigenvalue weighted by atomic mass is 15.4. The zero-order chi connectivity index (χ0) is 18.5. The minimum absolute atomic E-state index is 0.288. The number of fused-ring (bicyclic) bond motifs is 3. The van der Waals surface area contributed by atoms with E-state index in [1.54, 1.807) is 0 Å². The van der Waals surface area contributed by atoms with E-state index in [-0.39, 0.29) is 6.17 Å². The number of nitrogens with zero attached hydrogens (tertiary/aromatic N) is 3. The Morgan fingerprint density at radius 2 is 1.52 bits per heavy atom. The summed E-state index contributed by atoms with van der Waals surface area (Å²) in [4.78, 5) is 4.63. The summed E-state index contributed by atoms with van der Waals surface area (Å²) in [5.41, 5.74) is 6.28.